The largest absolute Gasteiger partial charge is 0.115 e. The van der Waals surface area contributed by atoms with Crippen molar-refractivity contribution in [2.45, 2.75) is 19.6 Å². The Bertz CT molecular complexity index is 845. The predicted molar refractivity (Wildman–Crippen MR) is 92.4 cm³/mol. The number of rotatable bonds is 1. The fourth-order valence-electron chi connectivity index (χ4n) is 2.79. The zero-order valence-corrected chi connectivity index (χ0v) is 13.2. The van der Waals surface area contributed by atoms with Crippen LogP contribution in [0.3, 0.4) is 0 Å². The van der Waals surface area contributed by atoms with E-state index in [1.54, 1.807) is 0 Å². The monoisotopic (exact) mass is 274 g/mol. The van der Waals surface area contributed by atoms with Gasteiger partial charge in [0.25, 0.3) is 0 Å². The van der Waals surface area contributed by atoms with Crippen LogP contribution < -0.4 is 5.19 Å². The molecule has 0 bridgehead atoms. The maximum atomic E-state index is 5.83. The maximum Gasteiger partial charge on any atom is 0.0792 e. The Kier molecular flexibility index (Phi) is 2.92. The third-order valence-electron chi connectivity index (χ3n) is 3.84. The molecule has 0 radical (unpaired) electrons. The first-order chi connectivity index (χ1) is 9.50. The quantitative estimate of drug-likeness (QED) is 0.348. The number of benzene rings is 3. The van der Waals surface area contributed by atoms with Crippen LogP contribution in [0.5, 0.6) is 0 Å². The van der Waals surface area contributed by atoms with Gasteiger partial charge in [-0.05, 0) is 38.9 Å². The highest BCUT2D eigenvalue weighted by atomic mass is 28.3. The first kappa shape index (κ1) is 13.0. The second-order valence-electron chi connectivity index (χ2n) is 6.30. The van der Waals surface area contributed by atoms with Crippen molar-refractivity contribution in [1.82, 2.24) is 0 Å². The normalized spacial score (nSPS) is 11.7. The van der Waals surface area contributed by atoms with E-state index in [1.807, 2.05) is 0 Å². The van der Waals surface area contributed by atoms with Gasteiger partial charge in [0.1, 0.15) is 0 Å². The SMILES string of the molecule is C#Cc1c([Si](C)(C)C)ccc2cc3ccccc3cc12. The van der Waals surface area contributed by atoms with Crippen molar-refractivity contribution in [3.8, 4) is 12.3 Å². The van der Waals surface area contributed by atoms with E-state index in [1.165, 1.54) is 26.7 Å². The topological polar surface area (TPSA) is 0 Å². The number of fused-ring (bicyclic) bond motifs is 2. The van der Waals surface area contributed by atoms with E-state index >= 15 is 0 Å². The minimum absolute atomic E-state index is 1.09. The summed E-state index contributed by atoms with van der Waals surface area (Å²) in [7, 11) is -1.43. The highest BCUT2D eigenvalue weighted by molar-refractivity contribution is 6.89. The molecule has 0 saturated carbocycles. The van der Waals surface area contributed by atoms with E-state index in [0.29, 0.717) is 0 Å². The molecule has 3 aromatic carbocycles. The van der Waals surface area contributed by atoms with Gasteiger partial charge in [-0.15, -0.1) is 6.42 Å². The summed E-state index contributed by atoms with van der Waals surface area (Å²) in [6.45, 7) is 7.03. The number of terminal acetylenes is 1. The molecule has 98 valence electrons. The van der Waals surface area contributed by atoms with Gasteiger partial charge in [-0.3, -0.25) is 0 Å². The molecule has 1 heteroatoms. The fourth-order valence-corrected chi connectivity index (χ4v) is 4.33. The summed E-state index contributed by atoms with van der Waals surface area (Å²) in [6.07, 6.45) is 5.83. The lowest BCUT2D eigenvalue weighted by molar-refractivity contribution is 1.69. The molecule has 0 saturated heterocycles. The minimum Gasteiger partial charge on any atom is -0.115 e. The fraction of sp³-hybridized carbons (Fsp3) is 0.158. The molecule has 0 spiro atoms. The second kappa shape index (κ2) is 4.51. The van der Waals surface area contributed by atoms with Crippen LogP contribution in [-0.4, -0.2) is 8.07 Å². The summed E-state index contributed by atoms with van der Waals surface area (Å²) in [4.78, 5) is 0. The maximum absolute atomic E-state index is 5.83. The summed E-state index contributed by atoms with van der Waals surface area (Å²) >= 11 is 0. The zero-order chi connectivity index (χ0) is 14.3. The van der Waals surface area contributed by atoms with Crippen molar-refractivity contribution in [2.75, 3.05) is 0 Å². The predicted octanol–water partition coefficient (Wildman–Crippen LogP) is 4.52. The Morgan fingerprint density at radius 2 is 1.50 bits per heavy atom. The van der Waals surface area contributed by atoms with Crippen LogP contribution in [0.1, 0.15) is 5.56 Å². The molecule has 0 atom stereocenters. The summed E-state index contributed by atoms with van der Waals surface area (Å²) in [5, 5.41) is 6.35. The van der Waals surface area contributed by atoms with Crippen LogP contribution in [0.2, 0.25) is 19.6 Å². The summed E-state index contributed by atoms with van der Waals surface area (Å²) in [6, 6.07) is 17.4. The Hall–Kier alpha value is -2.04. The lowest BCUT2D eigenvalue weighted by Gasteiger charge is -2.20. The molecular weight excluding hydrogens is 256 g/mol. The molecule has 0 aromatic heterocycles. The molecule has 0 fully saturated rings. The molecule has 3 aromatic rings. The highest BCUT2D eigenvalue weighted by Gasteiger charge is 2.20. The van der Waals surface area contributed by atoms with Crippen LogP contribution in [0.4, 0.5) is 0 Å². The molecule has 0 heterocycles. The Labute approximate surface area is 121 Å². The van der Waals surface area contributed by atoms with Gasteiger partial charge in [0.05, 0.1) is 8.07 Å². The molecule has 0 aliphatic rings. The van der Waals surface area contributed by atoms with Crippen molar-refractivity contribution in [3.05, 3.63) is 54.1 Å². The van der Waals surface area contributed by atoms with Crippen molar-refractivity contribution in [1.29, 1.82) is 0 Å². The van der Waals surface area contributed by atoms with E-state index in [9.17, 15) is 0 Å². The molecule has 0 aliphatic heterocycles. The smallest absolute Gasteiger partial charge is 0.0792 e. The van der Waals surface area contributed by atoms with Gasteiger partial charge >= 0.3 is 0 Å². The Morgan fingerprint density at radius 3 is 2.10 bits per heavy atom. The second-order valence-corrected chi connectivity index (χ2v) is 11.3. The number of hydrogen-bond acceptors (Lipinski definition) is 0. The average Bonchev–Trinajstić information content (AvgIpc) is 2.42. The average molecular weight is 274 g/mol. The molecular formula is C19H18Si. The van der Waals surface area contributed by atoms with Crippen molar-refractivity contribution < 1.29 is 0 Å². The van der Waals surface area contributed by atoms with Crippen LogP contribution in [-0.2, 0) is 0 Å². The van der Waals surface area contributed by atoms with E-state index in [-0.39, 0.29) is 0 Å². The first-order valence-corrected chi connectivity index (χ1v) is 10.4. The third kappa shape index (κ3) is 2.03. The van der Waals surface area contributed by atoms with E-state index < -0.39 is 8.07 Å². The molecule has 3 rings (SSSR count). The summed E-state index contributed by atoms with van der Waals surface area (Å²) in [5.74, 6) is 2.94. The Balaban J connectivity index is 2.45. The molecule has 20 heavy (non-hydrogen) atoms. The van der Waals surface area contributed by atoms with Crippen molar-refractivity contribution in [2.24, 2.45) is 0 Å². The van der Waals surface area contributed by atoms with Gasteiger partial charge in [-0.25, -0.2) is 0 Å². The molecule has 0 amide bonds. The number of hydrogen-bond donors (Lipinski definition) is 0. The highest BCUT2D eigenvalue weighted by Crippen LogP contribution is 2.25. The lowest BCUT2D eigenvalue weighted by atomic mass is 10.00. The van der Waals surface area contributed by atoms with Gasteiger partial charge in [0.2, 0.25) is 0 Å². The standard InChI is InChI=1S/C19H18Si/c1-5-17-18-13-15-9-7-6-8-14(15)12-16(18)10-11-19(17)20(2,3)4/h1,6-13H,2-4H3. The molecule has 0 nitrogen and oxygen atoms in total. The summed E-state index contributed by atoms with van der Waals surface area (Å²) in [5.41, 5.74) is 1.09. The summed E-state index contributed by atoms with van der Waals surface area (Å²) < 4.78 is 0. The molecule has 0 unspecified atom stereocenters. The molecule has 0 aliphatic carbocycles. The van der Waals surface area contributed by atoms with Crippen LogP contribution in [0.15, 0.2) is 48.5 Å². The van der Waals surface area contributed by atoms with Gasteiger partial charge in [-0.1, -0.05) is 62.0 Å². The van der Waals surface area contributed by atoms with E-state index in [4.69, 9.17) is 6.42 Å². The van der Waals surface area contributed by atoms with Gasteiger partial charge in [-0.2, -0.15) is 0 Å². The van der Waals surface area contributed by atoms with Gasteiger partial charge in [0, 0.05) is 5.56 Å². The van der Waals surface area contributed by atoms with Gasteiger partial charge in [0.15, 0.2) is 0 Å². The molecule has 0 N–H and O–H groups in total. The van der Waals surface area contributed by atoms with Crippen molar-refractivity contribution >= 4 is 34.8 Å². The first-order valence-electron chi connectivity index (χ1n) is 6.93. The Morgan fingerprint density at radius 1 is 0.850 bits per heavy atom. The van der Waals surface area contributed by atoms with Gasteiger partial charge < -0.3 is 0 Å². The third-order valence-corrected chi connectivity index (χ3v) is 5.87. The van der Waals surface area contributed by atoms with E-state index in [2.05, 4.69) is 74.1 Å². The van der Waals surface area contributed by atoms with Crippen molar-refractivity contribution in [3.63, 3.8) is 0 Å². The lowest BCUT2D eigenvalue weighted by Crippen LogP contribution is -2.39. The van der Waals surface area contributed by atoms with Crippen LogP contribution in [0, 0.1) is 12.3 Å². The zero-order valence-electron chi connectivity index (χ0n) is 12.2. The van der Waals surface area contributed by atoms with Crippen LogP contribution >= 0.6 is 0 Å². The van der Waals surface area contributed by atoms with E-state index in [0.717, 1.165) is 5.56 Å². The van der Waals surface area contributed by atoms with Crippen LogP contribution in [0.25, 0.3) is 21.5 Å². The minimum atomic E-state index is -1.43.